The molecule has 0 unspecified atom stereocenters. The van der Waals surface area contributed by atoms with Gasteiger partial charge in [0.2, 0.25) is 0 Å². The normalized spacial score (nSPS) is 9.85. The third-order valence-electron chi connectivity index (χ3n) is 1.41. The van der Waals surface area contributed by atoms with Crippen molar-refractivity contribution in [1.82, 2.24) is 10.4 Å². The Hall–Kier alpha value is -0.840. The Morgan fingerprint density at radius 2 is 2.23 bits per heavy atom. The summed E-state index contributed by atoms with van der Waals surface area (Å²) in [6.07, 6.45) is 0. The van der Waals surface area contributed by atoms with Gasteiger partial charge in [0.05, 0.1) is 10.6 Å². The highest BCUT2D eigenvalue weighted by Gasteiger charge is 2.15. The molecule has 1 heterocycles. The number of pyridine rings is 1. The van der Waals surface area contributed by atoms with Crippen molar-refractivity contribution in [1.29, 1.82) is 0 Å². The van der Waals surface area contributed by atoms with Crippen LogP contribution in [0.2, 0.25) is 10.2 Å². The fourth-order valence-electron chi connectivity index (χ4n) is 0.871. The van der Waals surface area contributed by atoms with Crippen molar-refractivity contribution in [3.63, 3.8) is 0 Å². The molecule has 0 bridgehead atoms. The molecule has 4 nitrogen and oxygen atoms in total. The molecule has 0 spiro atoms. The summed E-state index contributed by atoms with van der Waals surface area (Å²) in [6.45, 7) is 1.72. The molecule has 1 aromatic rings. The van der Waals surface area contributed by atoms with Crippen molar-refractivity contribution in [2.45, 2.75) is 6.92 Å². The van der Waals surface area contributed by atoms with Gasteiger partial charge in [-0.2, -0.15) is 0 Å². The van der Waals surface area contributed by atoms with E-state index in [2.05, 4.69) is 4.98 Å². The molecule has 0 atom stereocenters. The monoisotopic (exact) mass is 219 g/mol. The zero-order valence-corrected chi connectivity index (χ0v) is 8.28. The van der Waals surface area contributed by atoms with Gasteiger partial charge in [0.25, 0.3) is 5.91 Å². The van der Waals surface area contributed by atoms with Crippen LogP contribution in [0.25, 0.3) is 0 Å². The number of carbonyl (C=O) groups excluding carboxylic acids is 1. The summed E-state index contributed by atoms with van der Waals surface area (Å²) in [5, 5.41) is 0.286. The maximum absolute atomic E-state index is 11.1. The van der Waals surface area contributed by atoms with E-state index in [1.165, 1.54) is 6.07 Å². The van der Waals surface area contributed by atoms with E-state index in [4.69, 9.17) is 29.0 Å². The van der Waals surface area contributed by atoms with Gasteiger partial charge >= 0.3 is 0 Å². The second-order valence-electron chi connectivity index (χ2n) is 2.38. The summed E-state index contributed by atoms with van der Waals surface area (Å²) in [4.78, 5) is 15.0. The first-order valence-corrected chi connectivity index (χ1v) is 4.15. The molecule has 70 valence electrons. The smallest absolute Gasteiger partial charge is 0.269 e. The van der Waals surface area contributed by atoms with E-state index >= 15 is 0 Å². The van der Waals surface area contributed by atoms with Crippen LogP contribution in [0.15, 0.2) is 6.07 Å². The first kappa shape index (κ1) is 10.2. The second-order valence-corrected chi connectivity index (χ2v) is 3.15. The highest BCUT2D eigenvalue weighted by atomic mass is 35.5. The quantitative estimate of drug-likeness (QED) is 0.324. The lowest BCUT2D eigenvalue weighted by Crippen LogP contribution is -2.30. The molecule has 0 aromatic carbocycles. The highest BCUT2D eigenvalue weighted by molar-refractivity contribution is 6.39. The number of aryl methyl sites for hydroxylation is 1. The first-order chi connectivity index (χ1) is 6.06. The van der Waals surface area contributed by atoms with Gasteiger partial charge in [-0.15, -0.1) is 0 Å². The van der Waals surface area contributed by atoms with E-state index < -0.39 is 5.91 Å². The lowest BCUT2D eigenvalue weighted by atomic mass is 10.2. The van der Waals surface area contributed by atoms with E-state index in [9.17, 15) is 4.79 Å². The van der Waals surface area contributed by atoms with Crippen LogP contribution in [0.3, 0.4) is 0 Å². The lowest BCUT2D eigenvalue weighted by Gasteiger charge is -2.04. The molecule has 1 aromatic heterocycles. The summed E-state index contributed by atoms with van der Waals surface area (Å²) in [7, 11) is 0. The minimum Gasteiger partial charge on any atom is -0.290 e. The number of rotatable bonds is 1. The molecule has 6 heteroatoms. The van der Waals surface area contributed by atoms with Crippen molar-refractivity contribution in [2.24, 2.45) is 5.84 Å². The van der Waals surface area contributed by atoms with E-state index in [0.29, 0.717) is 5.69 Å². The van der Waals surface area contributed by atoms with Crippen molar-refractivity contribution >= 4 is 29.1 Å². The number of nitrogens with one attached hydrogen (secondary N) is 1. The van der Waals surface area contributed by atoms with E-state index in [1.807, 2.05) is 5.43 Å². The topological polar surface area (TPSA) is 68.0 Å². The van der Waals surface area contributed by atoms with E-state index in [0.717, 1.165) is 0 Å². The van der Waals surface area contributed by atoms with Gasteiger partial charge in [0, 0.05) is 5.69 Å². The van der Waals surface area contributed by atoms with Gasteiger partial charge in [-0.3, -0.25) is 10.2 Å². The van der Waals surface area contributed by atoms with Crippen LogP contribution in [0.4, 0.5) is 0 Å². The van der Waals surface area contributed by atoms with Gasteiger partial charge in [-0.1, -0.05) is 23.2 Å². The lowest BCUT2D eigenvalue weighted by molar-refractivity contribution is 0.0953. The number of nitrogen functional groups attached to an aromatic ring is 1. The number of amides is 1. The minimum absolute atomic E-state index is 0.0490. The number of carbonyl (C=O) groups is 1. The molecule has 1 amide bonds. The number of hydrogen-bond donors (Lipinski definition) is 2. The van der Waals surface area contributed by atoms with Gasteiger partial charge in [-0.05, 0) is 13.0 Å². The van der Waals surface area contributed by atoms with Crippen LogP contribution in [0.5, 0.6) is 0 Å². The second kappa shape index (κ2) is 3.91. The number of aromatic nitrogens is 1. The third kappa shape index (κ3) is 2.09. The first-order valence-electron chi connectivity index (χ1n) is 3.40. The molecule has 0 aliphatic heterocycles. The Balaban J connectivity index is 3.28. The van der Waals surface area contributed by atoms with Crippen molar-refractivity contribution in [2.75, 3.05) is 0 Å². The Kier molecular flexibility index (Phi) is 3.08. The standard InChI is InChI=1S/C7H7Cl2N3O/c1-3-2-4(8)5(6(9)11-3)7(13)12-10/h2H,10H2,1H3,(H,12,13). The maximum Gasteiger partial charge on any atom is 0.269 e. The average Bonchev–Trinajstić information content (AvgIpc) is 2.02. The van der Waals surface area contributed by atoms with Crippen LogP contribution < -0.4 is 11.3 Å². The van der Waals surface area contributed by atoms with Crippen molar-refractivity contribution < 1.29 is 4.79 Å². The summed E-state index contributed by atoms with van der Waals surface area (Å²) < 4.78 is 0. The molecular formula is C7H7Cl2N3O. The Bertz CT molecular complexity index is 331. The zero-order valence-electron chi connectivity index (χ0n) is 6.77. The average molecular weight is 220 g/mol. The number of halogens is 2. The van der Waals surface area contributed by atoms with Crippen LogP contribution in [0, 0.1) is 6.92 Å². The van der Waals surface area contributed by atoms with Gasteiger partial charge in [0.1, 0.15) is 5.15 Å². The van der Waals surface area contributed by atoms with E-state index in [-0.39, 0.29) is 15.7 Å². The molecular weight excluding hydrogens is 213 g/mol. The third-order valence-corrected chi connectivity index (χ3v) is 1.98. The fraction of sp³-hybridized carbons (Fsp3) is 0.143. The summed E-state index contributed by atoms with van der Waals surface area (Å²) in [6, 6.07) is 1.54. The Morgan fingerprint density at radius 3 is 2.69 bits per heavy atom. The molecule has 13 heavy (non-hydrogen) atoms. The van der Waals surface area contributed by atoms with Crippen LogP contribution in [-0.4, -0.2) is 10.9 Å². The van der Waals surface area contributed by atoms with Crippen molar-refractivity contribution in [3.05, 3.63) is 27.5 Å². The fourth-order valence-corrected chi connectivity index (χ4v) is 1.57. The zero-order chi connectivity index (χ0) is 10.0. The molecule has 1 rings (SSSR count). The molecule has 0 radical (unpaired) electrons. The van der Waals surface area contributed by atoms with Crippen LogP contribution >= 0.6 is 23.2 Å². The summed E-state index contributed by atoms with van der Waals surface area (Å²) in [5.74, 6) is 4.38. The van der Waals surface area contributed by atoms with E-state index in [1.54, 1.807) is 6.92 Å². The summed E-state index contributed by atoms with van der Waals surface area (Å²) in [5.41, 5.74) is 2.67. The predicted molar refractivity (Wildman–Crippen MR) is 50.6 cm³/mol. The summed E-state index contributed by atoms with van der Waals surface area (Å²) >= 11 is 11.5. The van der Waals surface area contributed by atoms with Gasteiger partial charge in [0.15, 0.2) is 0 Å². The molecule has 0 saturated carbocycles. The molecule has 0 saturated heterocycles. The predicted octanol–water partition coefficient (Wildman–Crippen LogP) is 1.30. The Labute approximate surface area is 85.0 Å². The number of nitrogens with two attached hydrogens (primary N) is 1. The maximum atomic E-state index is 11.1. The van der Waals surface area contributed by atoms with Crippen molar-refractivity contribution in [3.8, 4) is 0 Å². The Morgan fingerprint density at radius 1 is 1.62 bits per heavy atom. The van der Waals surface area contributed by atoms with Crippen LogP contribution in [0.1, 0.15) is 16.1 Å². The van der Waals surface area contributed by atoms with Crippen LogP contribution in [-0.2, 0) is 0 Å². The molecule has 0 fully saturated rings. The highest BCUT2D eigenvalue weighted by Crippen LogP contribution is 2.23. The SMILES string of the molecule is Cc1cc(Cl)c(C(=O)NN)c(Cl)n1. The molecule has 3 N–H and O–H groups in total. The molecule has 0 aliphatic carbocycles. The molecule has 0 aliphatic rings. The number of hydrogen-bond acceptors (Lipinski definition) is 3. The number of hydrazine groups is 1. The largest absolute Gasteiger partial charge is 0.290 e. The van der Waals surface area contributed by atoms with Gasteiger partial charge in [-0.25, -0.2) is 10.8 Å². The van der Waals surface area contributed by atoms with Gasteiger partial charge < -0.3 is 0 Å². The number of nitrogens with zero attached hydrogens (tertiary/aromatic N) is 1. The minimum atomic E-state index is -0.553.